The van der Waals surface area contributed by atoms with Gasteiger partial charge < -0.3 is 14.8 Å². The fourth-order valence-corrected chi connectivity index (χ4v) is 3.52. The van der Waals surface area contributed by atoms with Crippen LogP contribution in [-0.4, -0.2) is 44.8 Å². The molecule has 0 aliphatic rings. The number of aromatic nitrogens is 3. The van der Waals surface area contributed by atoms with E-state index < -0.39 is 22.9 Å². The summed E-state index contributed by atoms with van der Waals surface area (Å²) in [5.74, 6) is -1.22. The molecule has 4 rings (SSSR count). The van der Waals surface area contributed by atoms with Gasteiger partial charge in [0, 0.05) is 47.9 Å². The molecule has 1 N–H and O–H groups in total. The van der Waals surface area contributed by atoms with Gasteiger partial charge in [-0.3, -0.25) is 19.9 Å². The van der Waals surface area contributed by atoms with Crippen molar-refractivity contribution in [2.75, 3.05) is 12.4 Å². The molecule has 0 aliphatic heterocycles. The average Bonchev–Trinajstić information content (AvgIpc) is 3.37. The van der Waals surface area contributed by atoms with E-state index in [4.69, 9.17) is 9.47 Å². The number of esters is 1. The van der Waals surface area contributed by atoms with E-state index in [9.17, 15) is 19.7 Å². The minimum Gasteiger partial charge on any atom is -0.495 e. The molecule has 2 aromatic carbocycles. The maximum atomic E-state index is 12.6. The maximum absolute atomic E-state index is 12.6. The van der Waals surface area contributed by atoms with Crippen molar-refractivity contribution < 1.29 is 24.0 Å². The van der Waals surface area contributed by atoms with Gasteiger partial charge in [-0.25, -0.2) is 9.48 Å². The number of amides is 1. The Balaban J connectivity index is 1.49. The monoisotopic (exact) mass is 513 g/mol. The van der Waals surface area contributed by atoms with Crippen LogP contribution in [0.4, 0.5) is 11.4 Å². The topological polar surface area (TPSA) is 138 Å². The molecule has 192 valence electrons. The average molecular weight is 514 g/mol. The van der Waals surface area contributed by atoms with E-state index in [1.54, 1.807) is 35.4 Å². The molecule has 2 aromatic heterocycles. The van der Waals surface area contributed by atoms with Gasteiger partial charge in [-0.2, -0.15) is 5.10 Å². The number of ether oxygens (including phenoxy) is 2. The molecule has 11 heteroatoms. The van der Waals surface area contributed by atoms with Crippen LogP contribution in [0.3, 0.4) is 0 Å². The number of para-hydroxylation sites is 1. The Morgan fingerprint density at radius 1 is 1.13 bits per heavy atom. The Bertz CT molecular complexity index is 1480. The highest BCUT2D eigenvalue weighted by atomic mass is 16.6. The van der Waals surface area contributed by atoms with Crippen molar-refractivity contribution in [2.45, 2.75) is 13.0 Å². The number of benzene rings is 2. The minimum atomic E-state index is -1.19. The predicted octanol–water partition coefficient (Wildman–Crippen LogP) is 4.43. The number of hydrogen-bond donors (Lipinski definition) is 1. The van der Waals surface area contributed by atoms with Crippen LogP contribution in [-0.2, 0) is 14.3 Å². The van der Waals surface area contributed by atoms with Crippen molar-refractivity contribution in [3.63, 3.8) is 0 Å². The molecular formula is C27H23N5O6. The molecule has 11 nitrogen and oxygen atoms in total. The van der Waals surface area contributed by atoms with Crippen LogP contribution < -0.4 is 10.1 Å². The molecule has 0 fully saturated rings. The molecule has 0 radical (unpaired) electrons. The van der Waals surface area contributed by atoms with Crippen molar-refractivity contribution in [3.8, 4) is 22.7 Å². The predicted molar refractivity (Wildman–Crippen MR) is 140 cm³/mol. The van der Waals surface area contributed by atoms with Crippen molar-refractivity contribution in [3.05, 3.63) is 101 Å². The van der Waals surface area contributed by atoms with Gasteiger partial charge in [-0.05, 0) is 43.3 Å². The lowest BCUT2D eigenvalue weighted by atomic mass is 10.1. The summed E-state index contributed by atoms with van der Waals surface area (Å²) in [4.78, 5) is 39.8. The van der Waals surface area contributed by atoms with Crippen LogP contribution in [0.1, 0.15) is 12.5 Å². The lowest BCUT2D eigenvalue weighted by molar-refractivity contribution is -0.384. The van der Waals surface area contributed by atoms with Gasteiger partial charge in [0.25, 0.3) is 11.6 Å². The van der Waals surface area contributed by atoms with Gasteiger partial charge in [0.2, 0.25) is 0 Å². The summed E-state index contributed by atoms with van der Waals surface area (Å²) in [6.45, 7) is 1.39. The fourth-order valence-electron chi connectivity index (χ4n) is 3.52. The number of anilines is 1. The Hall–Kier alpha value is -5.32. The van der Waals surface area contributed by atoms with Crippen LogP contribution in [0.25, 0.3) is 23.0 Å². The number of methoxy groups -OCH3 is 1. The Morgan fingerprint density at radius 3 is 2.61 bits per heavy atom. The summed E-state index contributed by atoms with van der Waals surface area (Å²) >= 11 is 0. The number of pyridine rings is 1. The van der Waals surface area contributed by atoms with Crippen LogP contribution in [0.2, 0.25) is 0 Å². The number of nitrogens with zero attached hydrogens (tertiary/aromatic N) is 4. The first-order valence-corrected chi connectivity index (χ1v) is 11.4. The Kier molecular flexibility index (Phi) is 7.87. The van der Waals surface area contributed by atoms with Gasteiger partial charge in [-0.15, -0.1) is 0 Å². The number of hydrogen-bond acceptors (Lipinski definition) is 8. The number of carbonyl (C=O) groups excluding carboxylic acids is 2. The largest absolute Gasteiger partial charge is 0.495 e. The molecular weight excluding hydrogens is 490 g/mol. The smallest absolute Gasteiger partial charge is 0.331 e. The normalized spacial score (nSPS) is 11.6. The molecule has 0 saturated carbocycles. The molecule has 1 amide bonds. The van der Waals surface area contributed by atoms with Gasteiger partial charge in [0.15, 0.2) is 6.10 Å². The number of nitro groups is 1. The minimum absolute atomic E-state index is 0.0829. The van der Waals surface area contributed by atoms with Gasteiger partial charge in [-0.1, -0.05) is 18.2 Å². The molecule has 0 saturated heterocycles. The molecule has 0 aliphatic carbocycles. The highest BCUT2D eigenvalue weighted by molar-refractivity contribution is 5.98. The number of non-ortho nitro benzene ring substituents is 1. The van der Waals surface area contributed by atoms with E-state index in [-0.39, 0.29) is 17.1 Å². The Morgan fingerprint density at radius 2 is 1.92 bits per heavy atom. The van der Waals surface area contributed by atoms with Crippen LogP contribution in [0.5, 0.6) is 5.75 Å². The first-order chi connectivity index (χ1) is 18.4. The number of carbonyl (C=O) groups is 2. The zero-order valence-electron chi connectivity index (χ0n) is 20.5. The van der Waals surface area contributed by atoms with Gasteiger partial charge in [0.1, 0.15) is 11.4 Å². The highest BCUT2D eigenvalue weighted by Gasteiger charge is 2.20. The Labute approximate surface area is 217 Å². The number of nitro benzene ring substituents is 1. The number of rotatable bonds is 9. The fraction of sp³-hybridized carbons (Fsp3) is 0.111. The molecule has 0 spiro atoms. The molecule has 1 atom stereocenters. The molecule has 4 aromatic rings. The lowest BCUT2D eigenvalue weighted by Crippen LogP contribution is -2.29. The quantitative estimate of drug-likeness (QED) is 0.150. The van der Waals surface area contributed by atoms with Gasteiger partial charge >= 0.3 is 5.97 Å². The third-order valence-corrected chi connectivity index (χ3v) is 5.41. The standard InChI is InChI=1S/C27H23N5O6/c1-18(27(34)29-23-15-22(32(35)36)11-12-24(23)37-2)38-25(33)13-10-20-17-31(21-8-4-3-5-9-21)30-26(20)19-7-6-14-28-16-19/h3-18H,1-2H3,(H,29,34)/b13-10+/t18-/m0/s1. The second-order valence-corrected chi connectivity index (χ2v) is 8.00. The second kappa shape index (κ2) is 11.6. The zero-order valence-corrected chi connectivity index (χ0v) is 20.5. The SMILES string of the molecule is COc1ccc([N+](=O)[O-])cc1NC(=O)[C@H](C)OC(=O)/C=C/c1cn(-c2ccccc2)nc1-c1cccnc1. The van der Waals surface area contributed by atoms with Crippen molar-refractivity contribution in [1.82, 2.24) is 14.8 Å². The zero-order chi connectivity index (χ0) is 27.1. The van der Waals surface area contributed by atoms with E-state index in [0.717, 1.165) is 17.3 Å². The van der Waals surface area contributed by atoms with Crippen molar-refractivity contribution in [1.29, 1.82) is 0 Å². The lowest BCUT2D eigenvalue weighted by Gasteiger charge is -2.14. The number of nitrogens with one attached hydrogen (secondary N) is 1. The van der Waals surface area contributed by atoms with Crippen LogP contribution in [0.15, 0.2) is 85.3 Å². The highest BCUT2D eigenvalue weighted by Crippen LogP contribution is 2.29. The third-order valence-electron chi connectivity index (χ3n) is 5.41. The summed E-state index contributed by atoms with van der Waals surface area (Å²) in [6.07, 6.45) is 6.64. The molecule has 0 bridgehead atoms. The molecule has 2 heterocycles. The summed E-state index contributed by atoms with van der Waals surface area (Å²) in [5.41, 5.74) is 2.69. The first kappa shape index (κ1) is 25.8. The van der Waals surface area contributed by atoms with E-state index in [0.29, 0.717) is 11.3 Å². The third kappa shape index (κ3) is 6.08. The van der Waals surface area contributed by atoms with Crippen molar-refractivity contribution in [2.24, 2.45) is 0 Å². The van der Waals surface area contributed by atoms with E-state index in [2.05, 4.69) is 15.4 Å². The van der Waals surface area contributed by atoms with Crippen LogP contribution in [0, 0.1) is 10.1 Å². The second-order valence-electron chi connectivity index (χ2n) is 8.00. The van der Waals surface area contributed by atoms with Crippen LogP contribution >= 0.6 is 0 Å². The van der Waals surface area contributed by atoms with E-state index >= 15 is 0 Å². The first-order valence-electron chi connectivity index (χ1n) is 11.4. The van der Waals surface area contributed by atoms with E-state index in [1.807, 2.05) is 36.4 Å². The van der Waals surface area contributed by atoms with Gasteiger partial charge in [0.05, 0.1) is 23.4 Å². The summed E-state index contributed by atoms with van der Waals surface area (Å²) in [7, 11) is 1.37. The summed E-state index contributed by atoms with van der Waals surface area (Å²) < 4.78 is 12.1. The summed E-state index contributed by atoms with van der Waals surface area (Å²) in [5, 5.41) is 18.2. The molecule has 38 heavy (non-hydrogen) atoms. The van der Waals surface area contributed by atoms with Crippen molar-refractivity contribution >= 4 is 29.3 Å². The van der Waals surface area contributed by atoms with E-state index in [1.165, 1.54) is 32.2 Å². The molecule has 0 unspecified atom stereocenters. The summed E-state index contributed by atoms with van der Waals surface area (Å²) in [6, 6.07) is 16.9. The maximum Gasteiger partial charge on any atom is 0.331 e.